The molecule has 2 aromatic heterocycles. The Labute approximate surface area is 163 Å². The van der Waals surface area contributed by atoms with Crippen LogP contribution in [0, 0.1) is 0 Å². The van der Waals surface area contributed by atoms with E-state index in [0.29, 0.717) is 5.56 Å². The lowest BCUT2D eigenvalue weighted by Crippen LogP contribution is -3.00. The van der Waals surface area contributed by atoms with Crippen molar-refractivity contribution in [2.45, 2.75) is 6.54 Å². The third-order valence-electron chi connectivity index (χ3n) is 4.04. The van der Waals surface area contributed by atoms with Gasteiger partial charge in [-0.2, -0.15) is 4.57 Å². The average Bonchev–Trinajstić information content (AvgIpc) is 2.96. The summed E-state index contributed by atoms with van der Waals surface area (Å²) in [5, 5.41) is 10.3. The molecule has 0 aliphatic heterocycles. The molecule has 0 radical (unpaired) electrons. The van der Waals surface area contributed by atoms with Crippen molar-refractivity contribution >= 4 is 43.5 Å². The van der Waals surface area contributed by atoms with Gasteiger partial charge in [0.25, 0.3) is 0 Å². The number of fused-ring (bicyclic) bond motifs is 2. The van der Waals surface area contributed by atoms with E-state index in [2.05, 4.69) is 26.2 Å². The van der Waals surface area contributed by atoms with Gasteiger partial charge in [-0.15, -0.1) is 5.10 Å². The second-order valence-electron chi connectivity index (χ2n) is 5.71. The minimum absolute atomic E-state index is 0. The normalized spacial score (nSPS) is 10.8. The van der Waals surface area contributed by atoms with E-state index in [1.807, 2.05) is 66.5 Å². The molecular weight excluding hydrogens is 448 g/mol. The highest BCUT2D eigenvalue weighted by atomic mass is 79.9. The lowest BCUT2D eigenvalue weighted by Gasteiger charge is -2.02. The minimum Gasteiger partial charge on any atom is -1.00 e. The first kappa shape index (κ1) is 17.7. The van der Waals surface area contributed by atoms with Gasteiger partial charge in [-0.1, -0.05) is 41.6 Å². The third kappa shape index (κ3) is 3.34. The van der Waals surface area contributed by atoms with Gasteiger partial charge in [0.2, 0.25) is 12.3 Å². The monoisotopic (exact) mass is 460 g/mol. The highest BCUT2D eigenvalue weighted by Gasteiger charge is 2.17. The molecule has 2 heterocycles. The second-order valence-corrected chi connectivity index (χ2v) is 6.56. The maximum atomic E-state index is 12.6. The molecule has 0 aliphatic rings. The molecule has 0 bridgehead atoms. The molecule has 0 N–H and O–H groups in total. The van der Waals surface area contributed by atoms with Gasteiger partial charge in [0, 0.05) is 12.6 Å². The highest BCUT2D eigenvalue weighted by molar-refractivity contribution is 9.10. The second kappa shape index (κ2) is 7.01. The maximum Gasteiger partial charge on any atom is 0.227 e. The third-order valence-corrected chi connectivity index (χ3v) is 4.62. The summed E-state index contributed by atoms with van der Waals surface area (Å²) in [6, 6.07) is 13.8. The van der Waals surface area contributed by atoms with Crippen LogP contribution >= 0.6 is 15.9 Å². The van der Waals surface area contributed by atoms with Crippen LogP contribution in [0.4, 0.5) is 0 Å². The topological polar surface area (TPSA) is 51.7 Å². The van der Waals surface area contributed by atoms with Crippen LogP contribution in [0.1, 0.15) is 10.4 Å². The van der Waals surface area contributed by atoms with Crippen molar-refractivity contribution in [2.24, 2.45) is 7.05 Å². The molecule has 0 aliphatic carbocycles. The number of benzene rings is 2. The summed E-state index contributed by atoms with van der Waals surface area (Å²) < 4.78 is 4.40. The number of nitrogens with zero attached hydrogens (tertiary/aromatic N) is 4. The minimum atomic E-state index is 0. The first-order valence-electron chi connectivity index (χ1n) is 7.52. The average molecular weight is 462 g/mol. The fourth-order valence-electron chi connectivity index (χ4n) is 2.85. The summed E-state index contributed by atoms with van der Waals surface area (Å²) in [4.78, 5) is 12.6. The van der Waals surface area contributed by atoms with Crippen LogP contribution in [0.2, 0.25) is 0 Å². The van der Waals surface area contributed by atoms with Crippen LogP contribution in [0.3, 0.4) is 0 Å². The van der Waals surface area contributed by atoms with E-state index in [0.717, 1.165) is 26.3 Å². The molecule has 2 aromatic carbocycles. The zero-order valence-electron chi connectivity index (χ0n) is 13.4. The summed E-state index contributed by atoms with van der Waals surface area (Å²) in [7, 11) is 1.84. The number of carbonyl (C=O) groups is 1. The standard InChI is InChI=1S/C18H14BrN4O.BrH/c1-22-18-15(19)9-23(10-16(18)20-21-22)11-17(24)14-7-6-12-4-2-3-5-13(12)8-14;/h2-10H,11H2,1H3;1H/q+1;/p-1. The Morgan fingerprint density at radius 1 is 1.16 bits per heavy atom. The van der Waals surface area contributed by atoms with E-state index < -0.39 is 0 Å². The smallest absolute Gasteiger partial charge is 0.227 e. The molecular formula is C18H14Br2N4O. The summed E-state index contributed by atoms with van der Waals surface area (Å²) in [6.07, 6.45) is 3.72. The number of carbonyl (C=O) groups excluding carboxylic acids is 1. The number of ketones is 1. The molecule has 4 aromatic rings. The van der Waals surface area contributed by atoms with Crippen LogP contribution in [-0.2, 0) is 13.6 Å². The fraction of sp³-hybridized carbons (Fsp3) is 0.111. The molecule has 0 saturated heterocycles. The Hall–Kier alpha value is -2.12. The maximum absolute atomic E-state index is 12.6. The number of hydrogen-bond acceptors (Lipinski definition) is 3. The Kier molecular flexibility index (Phi) is 4.96. The lowest BCUT2D eigenvalue weighted by atomic mass is 10.0. The van der Waals surface area contributed by atoms with E-state index in [4.69, 9.17) is 0 Å². The zero-order chi connectivity index (χ0) is 16.7. The molecule has 0 atom stereocenters. The SMILES string of the molecule is Cn1nnc2c[n+](CC(=O)c3ccc4ccccc4c3)cc(Br)c21.[Br-]. The van der Waals surface area contributed by atoms with E-state index in [1.54, 1.807) is 4.68 Å². The number of rotatable bonds is 3. The molecule has 0 spiro atoms. The molecule has 0 fully saturated rings. The van der Waals surface area contributed by atoms with Gasteiger partial charge in [0.1, 0.15) is 9.99 Å². The number of Topliss-reactive ketones (excluding diaryl/α,β-unsaturated/α-hetero) is 1. The van der Waals surface area contributed by atoms with Crippen molar-refractivity contribution in [3.05, 3.63) is 64.9 Å². The van der Waals surface area contributed by atoms with Crippen molar-refractivity contribution < 1.29 is 26.3 Å². The highest BCUT2D eigenvalue weighted by Crippen LogP contribution is 2.19. The first-order chi connectivity index (χ1) is 11.6. The summed E-state index contributed by atoms with van der Waals surface area (Å²) >= 11 is 3.52. The van der Waals surface area contributed by atoms with Crippen molar-refractivity contribution in [3.8, 4) is 0 Å². The van der Waals surface area contributed by atoms with Crippen LogP contribution in [0.5, 0.6) is 0 Å². The number of aryl methyl sites for hydroxylation is 1. The van der Waals surface area contributed by atoms with Gasteiger partial charge in [0.05, 0.1) is 0 Å². The summed E-state index contributed by atoms with van der Waals surface area (Å²) in [6.45, 7) is 0.253. The van der Waals surface area contributed by atoms with Gasteiger partial charge < -0.3 is 17.0 Å². The van der Waals surface area contributed by atoms with E-state index >= 15 is 0 Å². The Bertz CT molecular complexity index is 1090. The summed E-state index contributed by atoms with van der Waals surface area (Å²) in [5.74, 6) is 0.0564. The van der Waals surface area contributed by atoms with Gasteiger partial charge in [0.15, 0.2) is 17.9 Å². The molecule has 126 valence electrons. The van der Waals surface area contributed by atoms with Crippen molar-refractivity contribution in [3.63, 3.8) is 0 Å². The largest absolute Gasteiger partial charge is 1.00 e. The Balaban J connectivity index is 0.00000182. The number of halogens is 2. The van der Waals surface area contributed by atoms with Crippen LogP contribution in [0.15, 0.2) is 59.3 Å². The first-order valence-corrected chi connectivity index (χ1v) is 8.31. The molecule has 0 saturated carbocycles. The quantitative estimate of drug-likeness (QED) is 0.320. The molecule has 7 heteroatoms. The Morgan fingerprint density at radius 3 is 2.72 bits per heavy atom. The van der Waals surface area contributed by atoms with Gasteiger partial charge in [-0.05, 0) is 32.8 Å². The number of aromatic nitrogens is 4. The van der Waals surface area contributed by atoms with E-state index in [1.165, 1.54) is 0 Å². The molecule has 25 heavy (non-hydrogen) atoms. The number of pyridine rings is 1. The molecule has 5 nitrogen and oxygen atoms in total. The van der Waals surface area contributed by atoms with E-state index in [9.17, 15) is 4.79 Å². The predicted octanol–water partition coefficient (Wildman–Crippen LogP) is 0.0584. The van der Waals surface area contributed by atoms with Crippen molar-refractivity contribution in [1.82, 2.24) is 15.0 Å². The Morgan fingerprint density at radius 2 is 1.92 bits per heavy atom. The molecule has 4 rings (SSSR count). The van der Waals surface area contributed by atoms with Gasteiger partial charge in [-0.25, -0.2) is 4.68 Å². The molecule has 0 amide bonds. The lowest BCUT2D eigenvalue weighted by molar-refractivity contribution is -0.682. The van der Waals surface area contributed by atoms with Crippen molar-refractivity contribution in [2.75, 3.05) is 0 Å². The number of hydrogen-bond donors (Lipinski definition) is 0. The van der Waals surface area contributed by atoms with Crippen LogP contribution in [-0.4, -0.2) is 20.8 Å². The zero-order valence-corrected chi connectivity index (χ0v) is 16.5. The fourth-order valence-corrected chi connectivity index (χ4v) is 3.57. The van der Waals surface area contributed by atoms with Crippen molar-refractivity contribution in [1.29, 1.82) is 0 Å². The predicted molar refractivity (Wildman–Crippen MR) is 94.7 cm³/mol. The van der Waals surface area contributed by atoms with Gasteiger partial charge >= 0.3 is 0 Å². The molecule has 0 unspecified atom stereocenters. The summed E-state index contributed by atoms with van der Waals surface area (Å²) in [5.41, 5.74) is 2.36. The van der Waals surface area contributed by atoms with E-state index in [-0.39, 0.29) is 29.3 Å². The van der Waals surface area contributed by atoms with Gasteiger partial charge in [-0.3, -0.25) is 4.79 Å². The van der Waals surface area contributed by atoms with Crippen LogP contribution < -0.4 is 21.5 Å². The van der Waals surface area contributed by atoms with Crippen LogP contribution in [0.25, 0.3) is 21.8 Å².